The van der Waals surface area contributed by atoms with Gasteiger partial charge in [0.2, 0.25) is 5.91 Å². The van der Waals surface area contributed by atoms with E-state index in [1.165, 1.54) is 0 Å². The van der Waals surface area contributed by atoms with E-state index >= 15 is 0 Å². The van der Waals surface area contributed by atoms with Crippen LogP contribution in [0.2, 0.25) is 0 Å². The summed E-state index contributed by atoms with van der Waals surface area (Å²) in [6, 6.07) is 6.12. The Hall–Kier alpha value is -2.34. The van der Waals surface area contributed by atoms with Gasteiger partial charge in [0.1, 0.15) is 5.75 Å². The van der Waals surface area contributed by atoms with E-state index in [0.717, 1.165) is 34.8 Å². The van der Waals surface area contributed by atoms with Crippen molar-refractivity contribution >= 4 is 5.91 Å². The first-order valence-electron chi connectivity index (χ1n) is 8.95. The summed E-state index contributed by atoms with van der Waals surface area (Å²) in [7, 11) is 5.70. The number of benzene rings is 1. The summed E-state index contributed by atoms with van der Waals surface area (Å²) >= 11 is 0. The predicted octanol–water partition coefficient (Wildman–Crippen LogP) is 2.56. The number of aromatic nitrogens is 2. The van der Waals surface area contributed by atoms with Crippen molar-refractivity contribution in [3.05, 3.63) is 47.0 Å². The van der Waals surface area contributed by atoms with Crippen molar-refractivity contribution in [3.63, 3.8) is 0 Å². The number of nitrogens with zero attached hydrogens (tertiary/aromatic N) is 3. The van der Waals surface area contributed by atoms with E-state index in [-0.39, 0.29) is 5.91 Å². The quantitative estimate of drug-likeness (QED) is 0.748. The molecule has 0 bridgehead atoms. The maximum atomic E-state index is 12.8. The molecule has 0 spiro atoms. The number of rotatable bonds is 9. The van der Waals surface area contributed by atoms with Crippen molar-refractivity contribution in [2.24, 2.45) is 0 Å². The molecule has 0 atom stereocenters. The van der Waals surface area contributed by atoms with Crippen molar-refractivity contribution < 1.29 is 9.53 Å². The molecule has 1 heterocycles. The number of carbonyl (C=O) groups excluding carboxylic acids is 1. The lowest BCUT2D eigenvalue weighted by Crippen LogP contribution is -2.36. The Kier molecular flexibility index (Phi) is 7.21. The van der Waals surface area contributed by atoms with Gasteiger partial charge in [0.15, 0.2) is 0 Å². The first kappa shape index (κ1) is 20.0. The number of hydrogen-bond donors (Lipinski definition) is 1. The average Bonchev–Trinajstić information content (AvgIpc) is 3.02. The van der Waals surface area contributed by atoms with E-state index in [9.17, 15) is 4.79 Å². The first-order chi connectivity index (χ1) is 12.4. The van der Waals surface area contributed by atoms with Gasteiger partial charge in [-0.1, -0.05) is 12.1 Å². The van der Waals surface area contributed by atoms with Gasteiger partial charge in [-0.05, 0) is 51.6 Å². The van der Waals surface area contributed by atoms with Gasteiger partial charge >= 0.3 is 0 Å². The Balaban J connectivity index is 2.02. The molecule has 0 saturated heterocycles. The minimum absolute atomic E-state index is 0.147. The van der Waals surface area contributed by atoms with Crippen LogP contribution in [0.15, 0.2) is 24.5 Å². The van der Waals surface area contributed by atoms with Gasteiger partial charge in [0.25, 0.3) is 0 Å². The highest BCUT2D eigenvalue weighted by atomic mass is 16.5. The number of H-pyrrole nitrogens is 1. The van der Waals surface area contributed by atoms with Gasteiger partial charge in [-0.3, -0.25) is 4.79 Å². The van der Waals surface area contributed by atoms with Crippen LogP contribution in [0.1, 0.15) is 28.9 Å². The second-order valence-corrected chi connectivity index (χ2v) is 6.90. The molecule has 1 aromatic carbocycles. The number of methoxy groups -OCH3 is 1. The molecule has 2 rings (SSSR count). The Morgan fingerprint density at radius 1 is 1.23 bits per heavy atom. The number of carbonyl (C=O) groups is 1. The third-order valence-electron chi connectivity index (χ3n) is 4.54. The van der Waals surface area contributed by atoms with Crippen molar-refractivity contribution in [3.8, 4) is 5.75 Å². The third-order valence-corrected chi connectivity index (χ3v) is 4.54. The fraction of sp³-hybridized carbons (Fsp3) is 0.500. The third kappa shape index (κ3) is 5.59. The highest BCUT2D eigenvalue weighted by Gasteiger charge is 2.16. The zero-order valence-corrected chi connectivity index (χ0v) is 16.5. The normalized spacial score (nSPS) is 11.0. The maximum absolute atomic E-state index is 12.8. The van der Waals surface area contributed by atoms with Gasteiger partial charge in [0.05, 0.1) is 25.7 Å². The highest BCUT2D eigenvalue weighted by molar-refractivity contribution is 5.76. The Labute approximate surface area is 156 Å². The minimum Gasteiger partial charge on any atom is -0.496 e. The summed E-state index contributed by atoms with van der Waals surface area (Å²) in [5.74, 6) is 1.01. The summed E-state index contributed by atoms with van der Waals surface area (Å²) in [6.07, 6.45) is 2.86. The second-order valence-electron chi connectivity index (χ2n) is 6.90. The Morgan fingerprint density at radius 3 is 2.62 bits per heavy atom. The van der Waals surface area contributed by atoms with E-state index in [4.69, 9.17) is 4.74 Å². The molecule has 0 aliphatic heterocycles. The number of likely N-dealkylation sites (N-methyl/N-ethyl adjacent to an activating group) is 1. The smallest absolute Gasteiger partial charge is 0.223 e. The largest absolute Gasteiger partial charge is 0.496 e. The zero-order valence-electron chi connectivity index (χ0n) is 16.5. The fourth-order valence-corrected chi connectivity index (χ4v) is 2.77. The standard InChI is InChI=1S/C20H30N4O2/c1-15-6-7-17(12-19(15)26-5)8-9-20(25)24(11-10-23(3)4)13-18-16(2)21-14-22-18/h6-7,12,14H,8-11,13H2,1-5H3,(H,21,22). The van der Waals surface area contributed by atoms with Gasteiger partial charge in [-0.2, -0.15) is 0 Å². The van der Waals surface area contributed by atoms with Crippen molar-refractivity contribution in [2.45, 2.75) is 33.2 Å². The SMILES string of the molecule is COc1cc(CCC(=O)N(CCN(C)C)Cc2nc[nH]c2C)ccc1C. The molecule has 26 heavy (non-hydrogen) atoms. The van der Waals surface area contributed by atoms with E-state index in [0.29, 0.717) is 25.9 Å². The monoisotopic (exact) mass is 358 g/mol. The molecular weight excluding hydrogens is 328 g/mol. The number of imidazole rings is 1. The van der Waals surface area contributed by atoms with Crippen molar-refractivity contribution in [2.75, 3.05) is 34.3 Å². The molecule has 1 amide bonds. The van der Waals surface area contributed by atoms with Crippen LogP contribution in [0.5, 0.6) is 5.75 Å². The summed E-state index contributed by atoms with van der Waals surface area (Å²) in [6.45, 7) is 6.06. The lowest BCUT2D eigenvalue weighted by Gasteiger charge is -2.24. The second kappa shape index (κ2) is 9.38. The van der Waals surface area contributed by atoms with Crippen LogP contribution in [0.4, 0.5) is 0 Å². The van der Waals surface area contributed by atoms with Crippen LogP contribution in [0.25, 0.3) is 0 Å². The van der Waals surface area contributed by atoms with Crippen LogP contribution in [-0.2, 0) is 17.8 Å². The van der Waals surface area contributed by atoms with Crippen LogP contribution >= 0.6 is 0 Å². The van der Waals surface area contributed by atoms with Gasteiger partial charge < -0.3 is 19.5 Å². The molecule has 0 aliphatic carbocycles. The molecular formula is C20H30N4O2. The highest BCUT2D eigenvalue weighted by Crippen LogP contribution is 2.20. The topological polar surface area (TPSA) is 61.5 Å². The lowest BCUT2D eigenvalue weighted by atomic mass is 10.1. The fourth-order valence-electron chi connectivity index (χ4n) is 2.77. The van der Waals surface area contributed by atoms with Gasteiger partial charge in [-0.15, -0.1) is 0 Å². The Bertz CT molecular complexity index is 724. The number of aromatic amines is 1. The molecule has 2 aromatic rings. The average molecular weight is 358 g/mol. The van der Waals surface area contributed by atoms with Crippen molar-refractivity contribution in [1.29, 1.82) is 0 Å². The van der Waals surface area contributed by atoms with E-state index < -0.39 is 0 Å². The number of nitrogens with one attached hydrogen (secondary N) is 1. The van der Waals surface area contributed by atoms with Crippen LogP contribution in [0.3, 0.4) is 0 Å². The Morgan fingerprint density at radius 2 is 2.00 bits per heavy atom. The molecule has 142 valence electrons. The molecule has 1 aromatic heterocycles. The predicted molar refractivity (Wildman–Crippen MR) is 103 cm³/mol. The van der Waals surface area contributed by atoms with Crippen LogP contribution in [-0.4, -0.2) is 60.0 Å². The van der Waals surface area contributed by atoms with Crippen molar-refractivity contribution in [1.82, 2.24) is 19.8 Å². The lowest BCUT2D eigenvalue weighted by molar-refractivity contribution is -0.132. The molecule has 6 nitrogen and oxygen atoms in total. The summed E-state index contributed by atoms with van der Waals surface area (Å²) in [5.41, 5.74) is 4.15. The molecule has 0 fully saturated rings. The zero-order chi connectivity index (χ0) is 19.1. The molecule has 1 N–H and O–H groups in total. The summed E-state index contributed by atoms with van der Waals surface area (Å²) in [4.78, 5) is 24.2. The molecule has 0 unspecified atom stereocenters. The van der Waals surface area contributed by atoms with E-state index in [1.54, 1.807) is 13.4 Å². The summed E-state index contributed by atoms with van der Waals surface area (Å²) < 4.78 is 5.38. The number of amides is 1. The number of ether oxygens (including phenoxy) is 1. The van der Waals surface area contributed by atoms with Crippen LogP contribution in [0, 0.1) is 13.8 Å². The van der Waals surface area contributed by atoms with E-state index in [1.807, 2.05) is 45.0 Å². The maximum Gasteiger partial charge on any atom is 0.223 e. The van der Waals surface area contributed by atoms with Crippen LogP contribution < -0.4 is 4.74 Å². The number of aryl methyl sites for hydroxylation is 3. The molecule has 0 aliphatic rings. The minimum atomic E-state index is 0.147. The summed E-state index contributed by atoms with van der Waals surface area (Å²) in [5, 5.41) is 0. The molecule has 0 saturated carbocycles. The van der Waals surface area contributed by atoms with Gasteiger partial charge in [-0.25, -0.2) is 4.98 Å². The number of hydrogen-bond acceptors (Lipinski definition) is 4. The van der Waals surface area contributed by atoms with Gasteiger partial charge in [0, 0.05) is 25.2 Å². The molecule has 0 radical (unpaired) electrons. The van der Waals surface area contributed by atoms with E-state index in [2.05, 4.69) is 20.9 Å². The first-order valence-corrected chi connectivity index (χ1v) is 8.95. The molecule has 6 heteroatoms.